The van der Waals surface area contributed by atoms with Crippen LogP contribution in [-0.4, -0.2) is 130 Å². The molecule has 75 heavy (non-hydrogen) atoms. The molecule has 5 aromatic rings. The quantitative estimate of drug-likeness (QED) is 0.0169. The van der Waals surface area contributed by atoms with Crippen molar-refractivity contribution in [1.29, 1.82) is 0 Å². The number of esters is 2. The highest BCUT2D eigenvalue weighted by Gasteiger charge is 2.59. The van der Waals surface area contributed by atoms with E-state index in [9.17, 15) is 19.2 Å². The maximum absolute atomic E-state index is 14.1. The number of nitrogens with one attached hydrogen (secondary N) is 1. The van der Waals surface area contributed by atoms with Crippen molar-refractivity contribution in [3.63, 3.8) is 0 Å². The Morgan fingerprint density at radius 3 is 1.67 bits per heavy atom. The van der Waals surface area contributed by atoms with Crippen molar-refractivity contribution in [2.45, 2.75) is 107 Å². The summed E-state index contributed by atoms with van der Waals surface area (Å²) in [6.07, 6.45) is -8.90. The predicted octanol–water partition coefficient (Wildman–Crippen LogP) is 7.05. The molecule has 5 aromatic carbocycles. The van der Waals surface area contributed by atoms with Gasteiger partial charge >= 0.3 is 18.0 Å². The Labute approximate surface area is 441 Å². The van der Waals surface area contributed by atoms with Gasteiger partial charge in [-0.05, 0) is 34.2 Å². The molecule has 17 nitrogen and oxygen atoms in total. The lowest BCUT2D eigenvalue weighted by atomic mass is 9.95. The lowest BCUT2D eigenvalue weighted by Crippen LogP contribution is -2.64. The Kier molecular flexibility index (Phi) is 21.4. The molecule has 8 rings (SSSR count). The van der Waals surface area contributed by atoms with Gasteiger partial charge in [0, 0.05) is 13.0 Å². The van der Waals surface area contributed by atoms with Crippen molar-refractivity contribution < 1.29 is 71.3 Å². The highest BCUT2D eigenvalue weighted by molar-refractivity contribution is 6.26. The summed E-state index contributed by atoms with van der Waals surface area (Å²) >= 11 is 6.00. The van der Waals surface area contributed by atoms with Gasteiger partial charge in [-0.1, -0.05) is 152 Å². The minimum atomic E-state index is -1.21. The first-order valence-electron chi connectivity index (χ1n) is 25.1. The number of fused-ring (bicyclic) bond motifs is 1. The average molecular weight is 1050 g/mol. The van der Waals surface area contributed by atoms with E-state index in [4.69, 9.17) is 63.7 Å². The van der Waals surface area contributed by atoms with E-state index in [0.29, 0.717) is 6.41 Å². The van der Waals surface area contributed by atoms with Crippen molar-refractivity contribution in [2.24, 2.45) is 0 Å². The zero-order valence-corrected chi connectivity index (χ0v) is 42.2. The van der Waals surface area contributed by atoms with Gasteiger partial charge in [-0.25, -0.2) is 4.79 Å². The minimum absolute atomic E-state index is 0.0311. The van der Waals surface area contributed by atoms with Crippen LogP contribution < -0.4 is 5.32 Å². The van der Waals surface area contributed by atoms with E-state index in [1.807, 2.05) is 152 Å². The first-order valence-corrected chi connectivity index (χ1v) is 25.6. The highest BCUT2D eigenvalue weighted by Crippen LogP contribution is 2.38. The van der Waals surface area contributed by atoms with Crippen LogP contribution in [0, 0.1) is 0 Å². The standard InChI is InChI=1S/C57H63ClN2O15/c58-31-48(63)74-51-45(37-65-33-41-19-8-2-9-20-41)72-55(49-52(51)75-57(64)60(49)32-40-17-6-1-7-18-40)71-38-46-50(68-34-42-21-10-3-11-22-42)53(69-35-43-23-12-4-13-24-43)54(70-36-44-25-14-5-15-26-44)56(73-46)67-29-16-27-47(62)66-30-28-59-39-61/h1-15,17-26,39,45-46,49-56H,16,27-38H2,(H,59,61)/t45-,46-,49-,50-,51-,52-,53+,54-,55?,56-/m1/s1. The molecule has 1 N–H and O–H groups in total. The van der Waals surface area contributed by atoms with E-state index < -0.39 is 85.3 Å². The Bertz CT molecular complexity index is 2480. The van der Waals surface area contributed by atoms with E-state index in [1.54, 1.807) is 0 Å². The van der Waals surface area contributed by atoms with Crippen molar-refractivity contribution in [3.8, 4) is 0 Å². The molecule has 1 unspecified atom stereocenters. The van der Waals surface area contributed by atoms with Gasteiger partial charge in [-0.3, -0.25) is 19.3 Å². The summed E-state index contributed by atoms with van der Waals surface area (Å²) in [6.45, 7) is 0.823. The zero-order chi connectivity index (χ0) is 52.0. The summed E-state index contributed by atoms with van der Waals surface area (Å²) in [7, 11) is 0. The first-order chi connectivity index (χ1) is 36.9. The molecular weight excluding hydrogens is 988 g/mol. The van der Waals surface area contributed by atoms with E-state index >= 15 is 0 Å². The van der Waals surface area contributed by atoms with Crippen LogP contribution in [0.15, 0.2) is 152 Å². The summed E-state index contributed by atoms with van der Waals surface area (Å²) in [5.41, 5.74) is 4.40. The molecule has 3 aliphatic rings. The third kappa shape index (κ3) is 16.1. The number of rotatable bonds is 29. The van der Waals surface area contributed by atoms with Crippen LogP contribution in [0.25, 0.3) is 0 Å². The fourth-order valence-electron chi connectivity index (χ4n) is 9.05. The second-order valence-corrected chi connectivity index (χ2v) is 18.3. The molecule has 3 saturated heterocycles. The number of ether oxygens (including phenoxy) is 11. The van der Waals surface area contributed by atoms with Gasteiger partial charge in [0.1, 0.15) is 49.0 Å². The van der Waals surface area contributed by atoms with E-state index in [-0.39, 0.29) is 78.8 Å². The number of halogens is 1. The lowest BCUT2D eigenvalue weighted by molar-refractivity contribution is -0.339. The SMILES string of the molecule is O=CNCCOC(=O)CCCO[C@@H]1O[C@H](COC2O[C@H](COCc3ccccc3)[C@@H](OC(=O)CCl)[C@@H]3OC(=O)N(Cc4ccccc4)[C@@H]23)[C@@H](OCc2ccccc2)[C@H](OCc2ccccc2)[C@H]1OCc1ccccc1. The number of amides is 2. The molecular formula is C57H63ClN2O15. The molecule has 0 saturated carbocycles. The van der Waals surface area contributed by atoms with Crippen molar-refractivity contribution >= 4 is 36.0 Å². The third-order valence-electron chi connectivity index (χ3n) is 12.7. The van der Waals surface area contributed by atoms with Gasteiger partial charge in [0.15, 0.2) is 24.8 Å². The fourth-order valence-corrected chi connectivity index (χ4v) is 9.11. The van der Waals surface area contributed by atoms with Crippen molar-refractivity contribution in [3.05, 3.63) is 179 Å². The number of hydrogen-bond acceptors (Lipinski definition) is 15. The Balaban J connectivity index is 1.11. The molecule has 0 aliphatic carbocycles. The van der Waals surface area contributed by atoms with E-state index in [0.717, 1.165) is 27.8 Å². The molecule has 3 fully saturated rings. The molecule has 0 aromatic heterocycles. The first kappa shape index (κ1) is 55.0. The Hall–Kier alpha value is -6.25. The largest absolute Gasteiger partial charge is 0.464 e. The number of nitrogens with zero attached hydrogens (tertiary/aromatic N) is 1. The van der Waals surface area contributed by atoms with Crippen LogP contribution in [-0.2, 0) is 99.5 Å². The molecule has 2 amide bonds. The van der Waals surface area contributed by atoms with Gasteiger partial charge in [0.25, 0.3) is 0 Å². The smallest absolute Gasteiger partial charge is 0.411 e. The molecule has 10 atom stereocenters. The minimum Gasteiger partial charge on any atom is -0.464 e. The summed E-state index contributed by atoms with van der Waals surface area (Å²) in [5.74, 6) is -1.64. The van der Waals surface area contributed by atoms with Crippen LogP contribution in [0.4, 0.5) is 4.79 Å². The summed E-state index contributed by atoms with van der Waals surface area (Å²) in [6, 6.07) is 47.1. The van der Waals surface area contributed by atoms with Gasteiger partial charge in [0.2, 0.25) is 6.41 Å². The fraction of sp³-hybridized carbons (Fsp3) is 0.404. The van der Waals surface area contributed by atoms with Gasteiger partial charge in [0.05, 0.1) is 52.8 Å². The van der Waals surface area contributed by atoms with Gasteiger partial charge < -0.3 is 57.4 Å². The average Bonchev–Trinajstić information content (AvgIpc) is 3.78. The van der Waals surface area contributed by atoms with Crippen molar-refractivity contribution in [1.82, 2.24) is 10.2 Å². The normalized spacial score (nSPS) is 24.2. The monoisotopic (exact) mass is 1050 g/mol. The van der Waals surface area contributed by atoms with E-state index in [2.05, 4.69) is 5.32 Å². The van der Waals surface area contributed by atoms with E-state index in [1.165, 1.54) is 4.90 Å². The molecule has 0 spiro atoms. The molecule has 3 heterocycles. The van der Waals surface area contributed by atoms with Crippen LogP contribution in [0.2, 0.25) is 0 Å². The van der Waals surface area contributed by atoms with Gasteiger partial charge in [-0.15, -0.1) is 11.6 Å². The molecule has 0 radical (unpaired) electrons. The molecule has 18 heteroatoms. The second kappa shape index (κ2) is 29.2. The topological polar surface area (TPSA) is 185 Å². The maximum atomic E-state index is 14.1. The number of carbonyl (C=O) groups is 4. The molecule has 0 bridgehead atoms. The van der Waals surface area contributed by atoms with Crippen LogP contribution >= 0.6 is 11.6 Å². The van der Waals surface area contributed by atoms with Crippen LogP contribution in [0.3, 0.4) is 0 Å². The number of alkyl halides is 1. The lowest BCUT2D eigenvalue weighted by Gasteiger charge is -2.47. The number of hydrogen-bond donors (Lipinski definition) is 1. The van der Waals surface area contributed by atoms with Crippen LogP contribution in [0.5, 0.6) is 0 Å². The summed E-state index contributed by atoms with van der Waals surface area (Å²) < 4.78 is 71.2. The number of benzene rings is 5. The Morgan fingerprint density at radius 1 is 0.573 bits per heavy atom. The third-order valence-corrected chi connectivity index (χ3v) is 12.9. The Morgan fingerprint density at radius 2 is 1.09 bits per heavy atom. The van der Waals surface area contributed by atoms with Crippen molar-refractivity contribution in [2.75, 3.05) is 38.9 Å². The number of carbonyl (C=O) groups excluding carboxylic acids is 4. The molecule has 3 aliphatic heterocycles. The maximum Gasteiger partial charge on any atom is 0.411 e. The highest BCUT2D eigenvalue weighted by atomic mass is 35.5. The molecule has 398 valence electrons. The summed E-state index contributed by atoms with van der Waals surface area (Å²) in [5, 5.41) is 2.47. The second-order valence-electron chi connectivity index (χ2n) is 18.0. The predicted molar refractivity (Wildman–Crippen MR) is 271 cm³/mol. The van der Waals surface area contributed by atoms with Gasteiger partial charge in [-0.2, -0.15) is 0 Å². The summed E-state index contributed by atoms with van der Waals surface area (Å²) in [4.78, 5) is 51.9. The van der Waals surface area contributed by atoms with Crippen LogP contribution in [0.1, 0.15) is 40.7 Å². The zero-order valence-electron chi connectivity index (χ0n) is 41.4.